The summed E-state index contributed by atoms with van der Waals surface area (Å²) in [6.07, 6.45) is 5.68. The molecule has 0 aromatic heterocycles. The Morgan fingerprint density at radius 2 is 1.80 bits per heavy atom. The molecule has 2 heteroatoms. The third kappa shape index (κ3) is 1.02. The fourth-order valence-electron chi connectivity index (χ4n) is 1.98. The number of ether oxygens (including phenoxy) is 1. The zero-order valence-electron chi connectivity index (χ0n) is 6.11. The van der Waals surface area contributed by atoms with E-state index in [2.05, 4.69) is 15.9 Å². The first-order chi connectivity index (χ1) is 4.81. The quantitative estimate of drug-likeness (QED) is 0.597. The summed E-state index contributed by atoms with van der Waals surface area (Å²) in [5, 5.41) is 0. The molecule has 0 bridgehead atoms. The van der Waals surface area contributed by atoms with Crippen molar-refractivity contribution in [3.05, 3.63) is 0 Å². The lowest BCUT2D eigenvalue weighted by molar-refractivity contribution is -0.0301. The van der Waals surface area contributed by atoms with E-state index in [0.29, 0.717) is 4.32 Å². The lowest BCUT2D eigenvalue weighted by Gasteiger charge is -2.41. The van der Waals surface area contributed by atoms with E-state index >= 15 is 0 Å². The van der Waals surface area contributed by atoms with Crippen molar-refractivity contribution in [1.29, 1.82) is 0 Å². The summed E-state index contributed by atoms with van der Waals surface area (Å²) >= 11 is 3.77. The zero-order valence-corrected chi connectivity index (χ0v) is 7.69. The highest BCUT2D eigenvalue weighted by atomic mass is 79.9. The van der Waals surface area contributed by atoms with Crippen LogP contribution in [0.1, 0.15) is 25.7 Å². The van der Waals surface area contributed by atoms with Crippen molar-refractivity contribution < 1.29 is 4.74 Å². The molecule has 0 aromatic carbocycles. The van der Waals surface area contributed by atoms with Crippen molar-refractivity contribution in [1.82, 2.24) is 0 Å². The Morgan fingerprint density at radius 1 is 1.20 bits per heavy atom. The van der Waals surface area contributed by atoms with Gasteiger partial charge in [0.05, 0.1) is 17.5 Å². The van der Waals surface area contributed by atoms with Crippen LogP contribution in [0.3, 0.4) is 0 Å². The van der Waals surface area contributed by atoms with E-state index in [4.69, 9.17) is 4.74 Å². The number of hydrogen-bond donors (Lipinski definition) is 0. The highest BCUT2D eigenvalue weighted by molar-refractivity contribution is 9.10. The summed E-state index contributed by atoms with van der Waals surface area (Å²) in [5.41, 5.74) is 0. The van der Waals surface area contributed by atoms with E-state index in [1.807, 2.05) is 0 Å². The molecule has 0 aromatic rings. The van der Waals surface area contributed by atoms with Crippen LogP contribution < -0.4 is 0 Å². The molecule has 0 radical (unpaired) electrons. The summed E-state index contributed by atoms with van der Waals surface area (Å²) in [4.78, 5) is 0. The molecule has 58 valence electrons. The summed E-state index contributed by atoms with van der Waals surface area (Å²) in [5.74, 6) is 0.904. The molecule has 0 atom stereocenters. The van der Waals surface area contributed by atoms with Crippen LogP contribution in [0.15, 0.2) is 0 Å². The van der Waals surface area contributed by atoms with Crippen LogP contribution in [0.4, 0.5) is 0 Å². The van der Waals surface area contributed by atoms with Crippen molar-refractivity contribution in [2.45, 2.75) is 30.0 Å². The van der Waals surface area contributed by atoms with Gasteiger partial charge in [-0.3, -0.25) is 0 Å². The first-order valence-electron chi connectivity index (χ1n) is 4.08. The smallest absolute Gasteiger partial charge is 0.0751 e. The Kier molecular flexibility index (Phi) is 1.77. The van der Waals surface area contributed by atoms with Gasteiger partial charge in [-0.15, -0.1) is 0 Å². The van der Waals surface area contributed by atoms with Crippen LogP contribution >= 0.6 is 15.9 Å². The van der Waals surface area contributed by atoms with Gasteiger partial charge < -0.3 is 4.74 Å². The van der Waals surface area contributed by atoms with Crippen LogP contribution in [0, 0.1) is 5.92 Å². The molecule has 2 aliphatic rings. The maximum absolute atomic E-state index is 5.20. The van der Waals surface area contributed by atoms with Gasteiger partial charge in [-0.25, -0.2) is 0 Å². The Bertz CT molecular complexity index is 125. The fraction of sp³-hybridized carbons (Fsp3) is 1.00. The molecule has 2 rings (SSSR count). The lowest BCUT2D eigenvalue weighted by atomic mass is 9.89. The molecule has 1 aliphatic heterocycles. The number of rotatable bonds is 1. The third-order valence-corrected chi connectivity index (χ3v) is 3.88. The summed E-state index contributed by atoms with van der Waals surface area (Å²) in [6.45, 7) is 1.88. The van der Waals surface area contributed by atoms with E-state index < -0.39 is 0 Å². The standard InChI is InChI=1S/C8H13BrO/c9-8(5-10-6-8)7-3-1-2-4-7/h7H,1-6H2. The molecule has 0 unspecified atom stereocenters. The van der Waals surface area contributed by atoms with E-state index in [0.717, 1.165) is 19.1 Å². The molecule has 0 N–H and O–H groups in total. The van der Waals surface area contributed by atoms with Gasteiger partial charge in [-0.1, -0.05) is 28.8 Å². The van der Waals surface area contributed by atoms with Crippen molar-refractivity contribution in [2.75, 3.05) is 13.2 Å². The van der Waals surface area contributed by atoms with Gasteiger partial charge in [-0.05, 0) is 18.8 Å². The summed E-state index contributed by atoms with van der Waals surface area (Å²) in [7, 11) is 0. The Balaban J connectivity index is 1.96. The molecule has 1 saturated heterocycles. The zero-order chi connectivity index (χ0) is 7.03. The van der Waals surface area contributed by atoms with Crippen LogP contribution in [0.5, 0.6) is 0 Å². The molecule has 10 heavy (non-hydrogen) atoms. The third-order valence-electron chi connectivity index (χ3n) is 2.77. The molecule has 1 aliphatic carbocycles. The molecule has 1 nitrogen and oxygen atoms in total. The molecular weight excluding hydrogens is 192 g/mol. The summed E-state index contributed by atoms with van der Waals surface area (Å²) in [6, 6.07) is 0. The summed E-state index contributed by atoms with van der Waals surface area (Å²) < 4.78 is 5.60. The van der Waals surface area contributed by atoms with Gasteiger partial charge in [0.1, 0.15) is 0 Å². The van der Waals surface area contributed by atoms with Crippen molar-refractivity contribution in [3.8, 4) is 0 Å². The second-order valence-electron chi connectivity index (χ2n) is 3.51. The Hall–Kier alpha value is 0.440. The largest absolute Gasteiger partial charge is 0.378 e. The van der Waals surface area contributed by atoms with Crippen LogP contribution in [-0.4, -0.2) is 17.5 Å². The van der Waals surface area contributed by atoms with Gasteiger partial charge in [0.25, 0.3) is 0 Å². The first-order valence-corrected chi connectivity index (χ1v) is 4.87. The average Bonchev–Trinajstić information content (AvgIpc) is 2.33. The van der Waals surface area contributed by atoms with Gasteiger partial charge >= 0.3 is 0 Å². The average molecular weight is 205 g/mol. The molecule has 1 saturated carbocycles. The lowest BCUT2D eigenvalue weighted by Crippen LogP contribution is -2.49. The van der Waals surface area contributed by atoms with E-state index in [1.54, 1.807) is 0 Å². The van der Waals surface area contributed by atoms with Crippen molar-refractivity contribution >= 4 is 15.9 Å². The minimum atomic E-state index is 0.392. The SMILES string of the molecule is BrC1(C2CCCC2)COC1. The van der Waals surface area contributed by atoms with Gasteiger partial charge in [0.15, 0.2) is 0 Å². The topological polar surface area (TPSA) is 9.23 Å². The molecule has 0 amide bonds. The highest BCUT2D eigenvalue weighted by Crippen LogP contribution is 2.43. The molecular formula is C8H13BrO. The Labute approximate surface area is 70.3 Å². The number of halogens is 1. The predicted molar refractivity (Wildman–Crippen MR) is 44.4 cm³/mol. The maximum Gasteiger partial charge on any atom is 0.0751 e. The minimum absolute atomic E-state index is 0.392. The molecule has 0 spiro atoms. The number of hydrogen-bond acceptors (Lipinski definition) is 1. The van der Waals surface area contributed by atoms with Crippen LogP contribution in [0.25, 0.3) is 0 Å². The van der Waals surface area contributed by atoms with Gasteiger partial charge in [0, 0.05) is 0 Å². The number of alkyl halides is 1. The van der Waals surface area contributed by atoms with Gasteiger partial charge in [-0.2, -0.15) is 0 Å². The second kappa shape index (κ2) is 2.49. The molecule has 2 fully saturated rings. The van der Waals surface area contributed by atoms with E-state index in [9.17, 15) is 0 Å². The van der Waals surface area contributed by atoms with Crippen LogP contribution in [-0.2, 0) is 4.74 Å². The first kappa shape index (κ1) is 7.11. The van der Waals surface area contributed by atoms with E-state index in [-0.39, 0.29) is 0 Å². The monoisotopic (exact) mass is 204 g/mol. The van der Waals surface area contributed by atoms with Crippen molar-refractivity contribution in [3.63, 3.8) is 0 Å². The van der Waals surface area contributed by atoms with Crippen molar-refractivity contribution in [2.24, 2.45) is 5.92 Å². The van der Waals surface area contributed by atoms with Gasteiger partial charge in [0.2, 0.25) is 0 Å². The minimum Gasteiger partial charge on any atom is -0.378 e. The molecule has 1 heterocycles. The highest BCUT2D eigenvalue weighted by Gasteiger charge is 2.43. The normalized spacial score (nSPS) is 32.1. The Morgan fingerprint density at radius 3 is 2.20 bits per heavy atom. The van der Waals surface area contributed by atoms with E-state index in [1.165, 1.54) is 25.7 Å². The maximum atomic E-state index is 5.20. The van der Waals surface area contributed by atoms with Crippen LogP contribution in [0.2, 0.25) is 0 Å². The second-order valence-corrected chi connectivity index (χ2v) is 5.09. The predicted octanol–water partition coefficient (Wildman–Crippen LogP) is 2.34. The fourth-order valence-corrected chi connectivity index (χ4v) is 2.76.